The molecule has 0 aliphatic carbocycles. The smallest absolute Gasteiger partial charge is 0.220 e. The number of aliphatic hydroxyl groups is 1. The number of nitrogens with one attached hydrogen (secondary N) is 1. The van der Waals surface area contributed by atoms with Gasteiger partial charge in [-0.25, -0.2) is 0 Å². The van der Waals surface area contributed by atoms with Crippen LogP contribution in [0.4, 0.5) is 0 Å². The van der Waals surface area contributed by atoms with Crippen LogP contribution in [0.5, 0.6) is 0 Å². The van der Waals surface area contributed by atoms with Gasteiger partial charge in [-0.3, -0.25) is 9.69 Å². The van der Waals surface area contributed by atoms with Crippen molar-refractivity contribution in [2.75, 3.05) is 19.6 Å². The summed E-state index contributed by atoms with van der Waals surface area (Å²) >= 11 is 0. The lowest BCUT2D eigenvalue weighted by molar-refractivity contribution is -0.121. The lowest BCUT2D eigenvalue weighted by Gasteiger charge is -2.28. The van der Waals surface area contributed by atoms with Crippen molar-refractivity contribution in [3.63, 3.8) is 0 Å². The number of benzene rings is 1. The van der Waals surface area contributed by atoms with Gasteiger partial charge in [0.2, 0.25) is 5.91 Å². The van der Waals surface area contributed by atoms with Gasteiger partial charge in [0.05, 0.1) is 12.1 Å². The van der Waals surface area contributed by atoms with Crippen LogP contribution in [-0.2, 0) is 4.79 Å². The van der Waals surface area contributed by atoms with Gasteiger partial charge in [-0.15, -0.1) is 0 Å². The molecule has 2 rings (SSSR count). The van der Waals surface area contributed by atoms with E-state index >= 15 is 0 Å². The third-order valence-corrected chi connectivity index (χ3v) is 4.05. The Balaban J connectivity index is 1.92. The van der Waals surface area contributed by atoms with Crippen LogP contribution in [0.15, 0.2) is 30.3 Å². The Hall–Kier alpha value is -1.39. The van der Waals surface area contributed by atoms with Crippen LogP contribution in [0, 0.1) is 0 Å². The van der Waals surface area contributed by atoms with Crippen molar-refractivity contribution in [3.05, 3.63) is 35.9 Å². The number of carbonyl (C=O) groups excluding carboxylic acids is 1. The van der Waals surface area contributed by atoms with Crippen LogP contribution in [-0.4, -0.2) is 41.7 Å². The molecule has 1 aromatic rings. The first-order valence-electron chi connectivity index (χ1n) is 7.90. The normalized spacial score (nSPS) is 18.4. The van der Waals surface area contributed by atoms with Crippen molar-refractivity contribution < 1.29 is 9.90 Å². The van der Waals surface area contributed by atoms with E-state index < -0.39 is 6.10 Å². The van der Waals surface area contributed by atoms with Gasteiger partial charge in [0.25, 0.3) is 0 Å². The molecule has 4 nitrogen and oxygen atoms in total. The zero-order chi connectivity index (χ0) is 15.1. The fraction of sp³-hybridized carbons (Fsp3) is 0.588. The summed E-state index contributed by atoms with van der Waals surface area (Å²) in [6.45, 7) is 4.55. The number of aliphatic hydroxyl groups excluding tert-OH is 1. The van der Waals surface area contributed by atoms with Crippen molar-refractivity contribution in [2.24, 2.45) is 0 Å². The summed E-state index contributed by atoms with van der Waals surface area (Å²) in [5, 5.41) is 12.3. The van der Waals surface area contributed by atoms with Crippen molar-refractivity contribution >= 4 is 5.91 Å². The van der Waals surface area contributed by atoms with Crippen LogP contribution in [0.1, 0.15) is 44.2 Å². The zero-order valence-corrected chi connectivity index (χ0v) is 12.8. The Morgan fingerprint density at radius 2 is 1.95 bits per heavy atom. The predicted octanol–water partition coefficient (Wildman–Crippen LogP) is 2.10. The van der Waals surface area contributed by atoms with Crippen LogP contribution >= 0.6 is 0 Å². The summed E-state index contributed by atoms with van der Waals surface area (Å²) in [6, 6.07) is 10.6. The van der Waals surface area contributed by atoms with E-state index in [0.29, 0.717) is 19.4 Å². The van der Waals surface area contributed by atoms with E-state index in [1.54, 1.807) is 6.92 Å². The Bertz CT molecular complexity index is 428. The van der Waals surface area contributed by atoms with E-state index in [1.165, 1.54) is 18.4 Å². The lowest BCUT2D eigenvalue weighted by Crippen LogP contribution is -2.36. The highest BCUT2D eigenvalue weighted by Gasteiger charge is 2.23. The first kappa shape index (κ1) is 16.0. The van der Waals surface area contributed by atoms with E-state index in [2.05, 4.69) is 22.3 Å². The maximum Gasteiger partial charge on any atom is 0.220 e. The van der Waals surface area contributed by atoms with Gasteiger partial charge < -0.3 is 10.4 Å². The molecule has 1 heterocycles. The molecular weight excluding hydrogens is 264 g/mol. The van der Waals surface area contributed by atoms with Crippen LogP contribution in [0.25, 0.3) is 0 Å². The third kappa shape index (κ3) is 5.14. The maximum absolute atomic E-state index is 11.9. The van der Waals surface area contributed by atoms with Gasteiger partial charge >= 0.3 is 0 Å². The van der Waals surface area contributed by atoms with Crippen molar-refractivity contribution in [3.8, 4) is 0 Å². The van der Waals surface area contributed by atoms with Crippen LogP contribution in [0.2, 0.25) is 0 Å². The third-order valence-electron chi connectivity index (χ3n) is 4.05. The van der Waals surface area contributed by atoms with Gasteiger partial charge in [-0.05, 0) is 44.8 Å². The van der Waals surface area contributed by atoms with Gasteiger partial charge in [0, 0.05) is 13.0 Å². The lowest BCUT2D eigenvalue weighted by atomic mass is 10.1. The molecule has 1 aliphatic rings. The van der Waals surface area contributed by atoms with Crippen molar-refractivity contribution in [1.29, 1.82) is 0 Å². The second kappa shape index (κ2) is 8.15. The molecular formula is C17H26N2O2. The fourth-order valence-electron chi connectivity index (χ4n) is 2.83. The number of hydrogen-bond acceptors (Lipinski definition) is 3. The predicted molar refractivity (Wildman–Crippen MR) is 83.9 cm³/mol. The highest BCUT2D eigenvalue weighted by Crippen LogP contribution is 2.24. The summed E-state index contributed by atoms with van der Waals surface area (Å²) < 4.78 is 0. The van der Waals surface area contributed by atoms with Crippen LogP contribution < -0.4 is 5.32 Å². The molecule has 1 amide bonds. The SMILES string of the molecule is CC(O)CCC(=O)NCC(c1ccccc1)N1CCCC1. The van der Waals surface area contributed by atoms with E-state index in [-0.39, 0.29) is 11.9 Å². The Kier molecular flexibility index (Phi) is 6.21. The number of likely N-dealkylation sites (tertiary alicyclic amines) is 1. The van der Waals surface area contributed by atoms with Crippen molar-refractivity contribution in [2.45, 2.75) is 44.8 Å². The topological polar surface area (TPSA) is 52.6 Å². The molecule has 4 heteroatoms. The number of hydrogen-bond donors (Lipinski definition) is 2. The highest BCUT2D eigenvalue weighted by molar-refractivity contribution is 5.75. The number of rotatable bonds is 7. The van der Waals surface area contributed by atoms with E-state index in [9.17, 15) is 9.90 Å². The molecule has 0 radical (unpaired) electrons. The van der Waals surface area contributed by atoms with Crippen molar-refractivity contribution in [1.82, 2.24) is 10.2 Å². The average Bonchev–Trinajstić information content (AvgIpc) is 3.00. The summed E-state index contributed by atoms with van der Waals surface area (Å²) in [5.41, 5.74) is 1.26. The minimum Gasteiger partial charge on any atom is -0.393 e. The quantitative estimate of drug-likeness (QED) is 0.808. The van der Waals surface area contributed by atoms with Gasteiger partial charge in [-0.1, -0.05) is 30.3 Å². The summed E-state index contributed by atoms with van der Waals surface area (Å²) in [7, 11) is 0. The molecule has 2 N–H and O–H groups in total. The Labute approximate surface area is 127 Å². The second-order valence-electron chi connectivity index (χ2n) is 5.86. The minimum absolute atomic E-state index is 0.0241. The average molecular weight is 290 g/mol. The standard InChI is InChI=1S/C17H26N2O2/c1-14(20)9-10-17(21)18-13-16(19-11-5-6-12-19)15-7-3-2-4-8-15/h2-4,7-8,14,16,20H,5-6,9-13H2,1H3,(H,18,21). The van der Waals surface area contributed by atoms with E-state index in [0.717, 1.165) is 13.1 Å². The summed E-state index contributed by atoms with van der Waals surface area (Å²) in [4.78, 5) is 14.3. The van der Waals surface area contributed by atoms with E-state index in [4.69, 9.17) is 0 Å². The van der Waals surface area contributed by atoms with Gasteiger partial charge in [-0.2, -0.15) is 0 Å². The van der Waals surface area contributed by atoms with Gasteiger partial charge in [0.15, 0.2) is 0 Å². The Morgan fingerprint density at radius 3 is 2.57 bits per heavy atom. The molecule has 21 heavy (non-hydrogen) atoms. The largest absolute Gasteiger partial charge is 0.393 e. The second-order valence-corrected chi connectivity index (χ2v) is 5.86. The summed E-state index contributed by atoms with van der Waals surface area (Å²) in [6.07, 6.45) is 2.96. The summed E-state index contributed by atoms with van der Waals surface area (Å²) in [5.74, 6) is 0.0241. The molecule has 2 atom stereocenters. The molecule has 1 saturated heterocycles. The molecule has 0 spiro atoms. The molecule has 116 valence electrons. The molecule has 0 bridgehead atoms. The molecule has 0 saturated carbocycles. The van der Waals surface area contributed by atoms with Crippen LogP contribution in [0.3, 0.4) is 0 Å². The maximum atomic E-state index is 11.9. The number of amides is 1. The minimum atomic E-state index is -0.417. The highest BCUT2D eigenvalue weighted by atomic mass is 16.3. The molecule has 0 aromatic heterocycles. The molecule has 1 aliphatic heterocycles. The first-order valence-corrected chi connectivity index (χ1v) is 7.90. The fourth-order valence-corrected chi connectivity index (χ4v) is 2.83. The molecule has 1 aromatic carbocycles. The number of nitrogens with zero attached hydrogens (tertiary/aromatic N) is 1. The Morgan fingerprint density at radius 1 is 1.29 bits per heavy atom. The van der Waals surface area contributed by atoms with E-state index in [1.807, 2.05) is 18.2 Å². The van der Waals surface area contributed by atoms with Gasteiger partial charge in [0.1, 0.15) is 0 Å². The first-order chi connectivity index (χ1) is 10.2. The monoisotopic (exact) mass is 290 g/mol. The molecule has 1 fully saturated rings. The number of carbonyl (C=O) groups is 1. The molecule has 2 unspecified atom stereocenters. The zero-order valence-electron chi connectivity index (χ0n) is 12.8.